The summed E-state index contributed by atoms with van der Waals surface area (Å²) in [5.74, 6) is 0.871. The third kappa shape index (κ3) is 2.09. The first-order valence-corrected chi connectivity index (χ1v) is 3.96. The lowest BCUT2D eigenvalue weighted by molar-refractivity contribution is 0.192. The third-order valence-electron chi connectivity index (χ3n) is 1.72. The average molecular weight is 183 g/mol. The minimum atomic E-state index is -0.589. The number of hydrogen-bond acceptors (Lipinski definition) is 4. The fourth-order valence-corrected chi connectivity index (χ4v) is 1.03. The quantitative estimate of drug-likeness (QED) is 0.763. The van der Waals surface area contributed by atoms with Crippen LogP contribution >= 0.6 is 0 Å². The molecule has 0 amide bonds. The van der Waals surface area contributed by atoms with Crippen molar-refractivity contribution >= 4 is 0 Å². The lowest BCUT2D eigenvalue weighted by Gasteiger charge is -2.10. The maximum Gasteiger partial charge on any atom is 0.222 e. The van der Waals surface area contributed by atoms with Crippen molar-refractivity contribution in [1.29, 1.82) is 0 Å². The SMILES string of the molecule is COc1ccc(C(C)O)c(OC)n1. The summed E-state index contributed by atoms with van der Waals surface area (Å²) in [7, 11) is 3.04. The maximum absolute atomic E-state index is 9.34. The first-order valence-electron chi connectivity index (χ1n) is 3.96. The van der Waals surface area contributed by atoms with E-state index in [-0.39, 0.29) is 0 Å². The largest absolute Gasteiger partial charge is 0.481 e. The number of nitrogens with zero attached hydrogens (tertiary/aromatic N) is 1. The van der Waals surface area contributed by atoms with Crippen molar-refractivity contribution in [3.63, 3.8) is 0 Å². The van der Waals surface area contributed by atoms with Gasteiger partial charge in [-0.15, -0.1) is 0 Å². The fraction of sp³-hybridized carbons (Fsp3) is 0.444. The van der Waals surface area contributed by atoms with E-state index in [2.05, 4.69) is 4.98 Å². The van der Waals surface area contributed by atoms with Gasteiger partial charge in [0.05, 0.1) is 20.3 Å². The van der Waals surface area contributed by atoms with Crippen LogP contribution in [-0.2, 0) is 0 Å². The number of rotatable bonds is 3. The highest BCUT2D eigenvalue weighted by Crippen LogP contribution is 2.24. The molecular formula is C9H13NO3. The van der Waals surface area contributed by atoms with Crippen LogP contribution in [0.4, 0.5) is 0 Å². The summed E-state index contributed by atoms with van der Waals surface area (Å²) in [6, 6.07) is 3.42. The molecule has 0 spiro atoms. The Morgan fingerprint density at radius 2 is 2.00 bits per heavy atom. The molecule has 1 aromatic rings. The first-order chi connectivity index (χ1) is 6.19. The summed E-state index contributed by atoms with van der Waals surface area (Å²) >= 11 is 0. The molecule has 1 unspecified atom stereocenters. The van der Waals surface area contributed by atoms with Crippen molar-refractivity contribution in [3.8, 4) is 11.8 Å². The number of methoxy groups -OCH3 is 2. The van der Waals surface area contributed by atoms with Crippen LogP contribution in [0.5, 0.6) is 11.8 Å². The predicted octanol–water partition coefficient (Wildman–Crippen LogP) is 1.15. The molecule has 0 saturated heterocycles. The van der Waals surface area contributed by atoms with E-state index in [9.17, 15) is 5.11 Å². The smallest absolute Gasteiger partial charge is 0.222 e. The van der Waals surface area contributed by atoms with Crippen LogP contribution in [0.1, 0.15) is 18.6 Å². The second kappa shape index (κ2) is 4.09. The molecular weight excluding hydrogens is 170 g/mol. The topological polar surface area (TPSA) is 51.6 Å². The lowest BCUT2D eigenvalue weighted by Crippen LogP contribution is -2.00. The van der Waals surface area contributed by atoms with E-state index < -0.39 is 6.10 Å². The van der Waals surface area contributed by atoms with Crippen molar-refractivity contribution in [2.75, 3.05) is 14.2 Å². The van der Waals surface area contributed by atoms with Crippen LogP contribution in [0.25, 0.3) is 0 Å². The maximum atomic E-state index is 9.34. The van der Waals surface area contributed by atoms with Crippen molar-refractivity contribution in [2.45, 2.75) is 13.0 Å². The van der Waals surface area contributed by atoms with E-state index >= 15 is 0 Å². The Labute approximate surface area is 77.1 Å². The number of pyridine rings is 1. The van der Waals surface area contributed by atoms with Crippen LogP contribution in [0.2, 0.25) is 0 Å². The van der Waals surface area contributed by atoms with Crippen LogP contribution in [0.15, 0.2) is 12.1 Å². The highest BCUT2D eigenvalue weighted by atomic mass is 16.5. The zero-order chi connectivity index (χ0) is 9.84. The van der Waals surface area contributed by atoms with Gasteiger partial charge in [0.25, 0.3) is 0 Å². The van der Waals surface area contributed by atoms with Crippen molar-refractivity contribution in [1.82, 2.24) is 4.98 Å². The Balaban J connectivity index is 3.08. The molecule has 13 heavy (non-hydrogen) atoms. The fourth-order valence-electron chi connectivity index (χ4n) is 1.03. The number of aliphatic hydroxyl groups is 1. The van der Waals surface area contributed by atoms with Gasteiger partial charge in [-0.2, -0.15) is 4.98 Å². The number of hydrogen-bond donors (Lipinski definition) is 1. The molecule has 1 aromatic heterocycles. The van der Waals surface area contributed by atoms with Crippen molar-refractivity contribution < 1.29 is 14.6 Å². The van der Waals surface area contributed by atoms with Crippen molar-refractivity contribution in [2.24, 2.45) is 0 Å². The van der Waals surface area contributed by atoms with Crippen LogP contribution < -0.4 is 9.47 Å². The highest BCUT2D eigenvalue weighted by molar-refractivity contribution is 5.32. The van der Waals surface area contributed by atoms with E-state index in [0.717, 1.165) is 0 Å². The molecule has 1 N–H and O–H groups in total. The van der Waals surface area contributed by atoms with E-state index in [1.807, 2.05) is 0 Å². The monoisotopic (exact) mass is 183 g/mol. The van der Waals surface area contributed by atoms with Gasteiger partial charge in [0, 0.05) is 11.6 Å². The summed E-state index contributed by atoms with van der Waals surface area (Å²) in [5.41, 5.74) is 0.656. The molecule has 0 saturated carbocycles. The Hall–Kier alpha value is -1.29. The molecule has 1 rings (SSSR count). The first kappa shape index (κ1) is 9.80. The molecule has 0 aromatic carbocycles. The highest BCUT2D eigenvalue weighted by Gasteiger charge is 2.10. The lowest BCUT2D eigenvalue weighted by atomic mass is 10.2. The minimum Gasteiger partial charge on any atom is -0.481 e. The molecule has 4 nitrogen and oxygen atoms in total. The van der Waals surface area contributed by atoms with E-state index in [1.54, 1.807) is 19.1 Å². The molecule has 72 valence electrons. The van der Waals surface area contributed by atoms with Gasteiger partial charge >= 0.3 is 0 Å². The molecule has 1 atom stereocenters. The Kier molecular flexibility index (Phi) is 3.08. The molecule has 0 bridgehead atoms. The summed E-state index contributed by atoms with van der Waals surface area (Å²) in [6.07, 6.45) is -0.589. The summed E-state index contributed by atoms with van der Waals surface area (Å²) in [4.78, 5) is 4.03. The van der Waals surface area contributed by atoms with Gasteiger partial charge in [-0.3, -0.25) is 0 Å². The number of aromatic nitrogens is 1. The van der Waals surface area contributed by atoms with E-state index in [4.69, 9.17) is 9.47 Å². The minimum absolute atomic E-state index is 0.398. The van der Waals surface area contributed by atoms with Crippen LogP contribution in [0.3, 0.4) is 0 Å². The second-order valence-electron chi connectivity index (χ2n) is 2.63. The van der Waals surface area contributed by atoms with Gasteiger partial charge in [-0.25, -0.2) is 0 Å². The number of aliphatic hydroxyl groups excluding tert-OH is 1. The molecule has 4 heteroatoms. The molecule has 0 aliphatic rings. The normalized spacial score (nSPS) is 12.3. The second-order valence-corrected chi connectivity index (χ2v) is 2.63. The summed E-state index contributed by atoms with van der Waals surface area (Å²) in [5, 5.41) is 9.34. The molecule has 1 heterocycles. The van der Waals surface area contributed by atoms with Gasteiger partial charge in [0.15, 0.2) is 0 Å². The Morgan fingerprint density at radius 3 is 2.46 bits per heavy atom. The van der Waals surface area contributed by atoms with Gasteiger partial charge in [-0.1, -0.05) is 0 Å². The molecule has 0 aliphatic heterocycles. The van der Waals surface area contributed by atoms with Gasteiger partial charge < -0.3 is 14.6 Å². The Bertz CT molecular complexity index is 286. The number of ether oxygens (including phenoxy) is 2. The molecule has 0 radical (unpaired) electrons. The molecule has 0 aliphatic carbocycles. The predicted molar refractivity (Wildman–Crippen MR) is 48.0 cm³/mol. The standard InChI is InChI=1S/C9H13NO3/c1-6(11)7-4-5-8(12-2)10-9(7)13-3/h4-6,11H,1-3H3. The van der Waals surface area contributed by atoms with Crippen molar-refractivity contribution in [3.05, 3.63) is 17.7 Å². The summed E-state index contributed by atoms with van der Waals surface area (Å²) < 4.78 is 9.92. The summed E-state index contributed by atoms with van der Waals surface area (Å²) in [6.45, 7) is 1.66. The third-order valence-corrected chi connectivity index (χ3v) is 1.72. The zero-order valence-electron chi connectivity index (χ0n) is 7.94. The zero-order valence-corrected chi connectivity index (χ0v) is 7.94. The Morgan fingerprint density at radius 1 is 1.31 bits per heavy atom. The average Bonchev–Trinajstić information content (AvgIpc) is 2.16. The van der Waals surface area contributed by atoms with Crippen LogP contribution in [0, 0.1) is 0 Å². The van der Waals surface area contributed by atoms with Gasteiger partial charge in [0.1, 0.15) is 0 Å². The van der Waals surface area contributed by atoms with E-state index in [1.165, 1.54) is 14.2 Å². The molecule has 0 fully saturated rings. The van der Waals surface area contributed by atoms with E-state index in [0.29, 0.717) is 17.3 Å². The van der Waals surface area contributed by atoms with Crippen LogP contribution in [-0.4, -0.2) is 24.3 Å². The van der Waals surface area contributed by atoms with Gasteiger partial charge in [0.2, 0.25) is 11.8 Å². The van der Waals surface area contributed by atoms with Gasteiger partial charge in [-0.05, 0) is 13.0 Å².